The number of fused-ring (bicyclic) bond motifs is 7. The van der Waals surface area contributed by atoms with Gasteiger partial charge in [-0.2, -0.15) is 5.26 Å². The zero-order valence-electron chi connectivity index (χ0n) is 31.3. The molecule has 0 N–H and O–H groups in total. The first-order chi connectivity index (χ1) is 28.7. The Morgan fingerprint density at radius 2 is 0.862 bits per heavy atom. The number of hydrogen-bond acceptors (Lipinski definition) is 3. The Morgan fingerprint density at radius 3 is 1.50 bits per heavy atom. The van der Waals surface area contributed by atoms with Gasteiger partial charge in [-0.1, -0.05) is 170 Å². The van der Waals surface area contributed by atoms with Gasteiger partial charge in [0.2, 0.25) is 0 Å². The van der Waals surface area contributed by atoms with Crippen LogP contribution in [0.4, 0.5) is 0 Å². The van der Waals surface area contributed by atoms with Crippen LogP contribution in [0.3, 0.4) is 0 Å². The van der Waals surface area contributed by atoms with Gasteiger partial charge in [-0.3, -0.25) is 4.57 Å². The van der Waals surface area contributed by atoms with Gasteiger partial charge in [-0.05, 0) is 52.6 Å². The van der Waals surface area contributed by atoms with E-state index in [1.54, 1.807) is 0 Å². The summed E-state index contributed by atoms with van der Waals surface area (Å²) in [5, 5.41) is 15.5. The van der Waals surface area contributed by atoms with Crippen molar-refractivity contribution in [2.45, 2.75) is 0 Å². The standard InChI is InChI=1S/C53H33N5/c54-34-46-49(36-18-6-2-7-19-36)55-52(37-20-8-3-9-21-37)56-53(46)58-48-29-13-11-27-43(48)45-31-30-44-42-26-10-12-28-47(42)57(50(44)51(45)58)41-25-15-24-40(33-41)39-23-14-22-38(32-39)35-16-4-1-5-17-35/h1-33H. The minimum absolute atomic E-state index is 0.411. The summed E-state index contributed by atoms with van der Waals surface area (Å²) in [4.78, 5) is 10.4. The topological polar surface area (TPSA) is 59.4 Å². The molecule has 11 aromatic rings. The van der Waals surface area contributed by atoms with E-state index in [1.807, 2.05) is 60.7 Å². The first kappa shape index (κ1) is 33.3. The minimum atomic E-state index is 0.411. The Kier molecular flexibility index (Phi) is 7.80. The summed E-state index contributed by atoms with van der Waals surface area (Å²) in [7, 11) is 0. The molecule has 0 aliphatic heterocycles. The number of aromatic nitrogens is 4. The predicted octanol–water partition coefficient (Wildman–Crippen LogP) is 13.2. The van der Waals surface area contributed by atoms with Crippen LogP contribution in [0.2, 0.25) is 0 Å². The third-order valence-corrected chi connectivity index (χ3v) is 11.2. The van der Waals surface area contributed by atoms with Gasteiger partial charge >= 0.3 is 0 Å². The maximum atomic E-state index is 11.1. The number of nitriles is 1. The molecule has 58 heavy (non-hydrogen) atoms. The maximum absolute atomic E-state index is 11.1. The molecule has 0 aliphatic carbocycles. The molecule has 0 aliphatic rings. The van der Waals surface area contributed by atoms with Crippen molar-refractivity contribution in [1.29, 1.82) is 5.26 Å². The van der Waals surface area contributed by atoms with Crippen molar-refractivity contribution in [3.63, 3.8) is 0 Å². The van der Waals surface area contributed by atoms with E-state index in [4.69, 9.17) is 9.97 Å². The summed E-state index contributed by atoms with van der Waals surface area (Å²) in [5.74, 6) is 1.09. The van der Waals surface area contributed by atoms with Gasteiger partial charge in [-0.25, -0.2) is 9.97 Å². The van der Waals surface area contributed by atoms with Crippen LogP contribution in [0.15, 0.2) is 200 Å². The van der Waals surface area contributed by atoms with Gasteiger partial charge in [0.05, 0.1) is 27.8 Å². The lowest BCUT2D eigenvalue weighted by atomic mass is 9.99. The molecule has 0 atom stereocenters. The van der Waals surface area contributed by atoms with Crippen molar-refractivity contribution in [3.8, 4) is 62.5 Å². The molecular formula is C53H33N5. The van der Waals surface area contributed by atoms with E-state index < -0.39 is 0 Å². The summed E-state index contributed by atoms with van der Waals surface area (Å²) in [5.41, 5.74) is 12.5. The number of hydrogen-bond donors (Lipinski definition) is 0. The highest BCUT2D eigenvalue weighted by Gasteiger charge is 2.26. The Labute approximate surface area is 335 Å². The Hall–Kier alpha value is -8.07. The maximum Gasteiger partial charge on any atom is 0.162 e. The van der Waals surface area contributed by atoms with Crippen molar-refractivity contribution in [2.75, 3.05) is 0 Å². The smallest absolute Gasteiger partial charge is 0.162 e. The SMILES string of the molecule is N#Cc1c(-c2ccccc2)nc(-c2ccccc2)nc1-n1c2ccccc2c2ccc3c4ccccc4n(-c4cccc(-c5cccc(-c6ccccc6)c5)c4)c3c21. The summed E-state index contributed by atoms with van der Waals surface area (Å²) in [6.07, 6.45) is 0. The summed E-state index contributed by atoms with van der Waals surface area (Å²) in [6, 6.07) is 72.1. The van der Waals surface area contributed by atoms with Gasteiger partial charge in [0, 0.05) is 38.4 Å². The lowest BCUT2D eigenvalue weighted by Crippen LogP contribution is -2.07. The lowest BCUT2D eigenvalue weighted by Gasteiger charge is -2.16. The molecule has 0 amide bonds. The fourth-order valence-electron chi connectivity index (χ4n) is 8.56. The molecule has 0 unspecified atom stereocenters. The van der Waals surface area contributed by atoms with E-state index in [2.05, 4.69) is 155 Å². The second-order valence-electron chi connectivity index (χ2n) is 14.5. The fraction of sp³-hybridized carbons (Fsp3) is 0. The van der Waals surface area contributed by atoms with Gasteiger partial charge in [0.1, 0.15) is 11.6 Å². The molecule has 8 aromatic carbocycles. The Morgan fingerprint density at radius 1 is 0.379 bits per heavy atom. The van der Waals surface area contributed by atoms with E-state index in [0.29, 0.717) is 22.9 Å². The average Bonchev–Trinajstić information content (AvgIpc) is 3.83. The van der Waals surface area contributed by atoms with Gasteiger partial charge in [-0.15, -0.1) is 0 Å². The van der Waals surface area contributed by atoms with E-state index in [-0.39, 0.29) is 0 Å². The molecule has 270 valence electrons. The summed E-state index contributed by atoms with van der Waals surface area (Å²) in [6.45, 7) is 0. The fourth-order valence-corrected chi connectivity index (χ4v) is 8.56. The molecular weight excluding hydrogens is 707 g/mol. The van der Waals surface area contributed by atoms with E-state index in [0.717, 1.165) is 71.6 Å². The minimum Gasteiger partial charge on any atom is -0.307 e. The van der Waals surface area contributed by atoms with Crippen LogP contribution in [0.5, 0.6) is 0 Å². The highest BCUT2D eigenvalue weighted by molar-refractivity contribution is 6.24. The van der Waals surface area contributed by atoms with Crippen molar-refractivity contribution < 1.29 is 0 Å². The third-order valence-electron chi connectivity index (χ3n) is 11.2. The molecule has 5 nitrogen and oxygen atoms in total. The molecule has 0 radical (unpaired) electrons. The van der Waals surface area contributed by atoms with Crippen LogP contribution >= 0.6 is 0 Å². The molecule has 5 heteroatoms. The highest BCUT2D eigenvalue weighted by atomic mass is 15.1. The first-order valence-electron chi connectivity index (χ1n) is 19.4. The molecule has 11 rings (SSSR count). The lowest BCUT2D eigenvalue weighted by molar-refractivity contribution is 1.03. The Bertz CT molecular complexity index is 3390. The van der Waals surface area contributed by atoms with Crippen LogP contribution in [-0.2, 0) is 0 Å². The third kappa shape index (κ3) is 5.31. The molecule has 0 fully saturated rings. The molecule has 0 saturated carbocycles. The van der Waals surface area contributed by atoms with Crippen LogP contribution < -0.4 is 0 Å². The van der Waals surface area contributed by atoms with E-state index in [1.165, 1.54) is 11.1 Å². The van der Waals surface area contributed by atoms with Crippen molar-refractivity contribution in [3.05, 3.63) is 206 Å². The first-order valence-corrected chi connectivity index (χ1v) is 19.4. The van der Waals surface area contributed by atoms with E-state index >= 15 is 0 Å². The van der Waals surface area contributed by atoms with Crippen molar-refractivity contribution in [1.82, 2.24) is 19.1 Å². The highest BCUT2D eigenvalue weighted by Crippen LogP contribution is 2.43. The monoisotopic (exact) mass is 739 g/mol. The van der Waals surface area contributed by atoms with Crippen LogP contribution in [0.1, 0.15) is 5.56 Å². The number of rotatable bonds is 6. The van der Waals surface area contributed by atoms with Crippen molar-refractivity contribution in [2.24, 2.45) is 0 Å². The van der Waals surface area contributed by atoms with Crippen LogP contribution in [-0.4, -0.2) is 19.1 Å². The quantitative estimate of drug-likeness (QED) is 0.171. The van der Waals surface area contributed by atoms with Crippen molar-refractivity contribution >= 4 is 43.6 Å². The number of nitrogens with zero attached hydrogens (tertiary/aromatic N) is 5. The van der Waals surface area contributed by atoms with Crippen LogP contribution in [0.25, 0.3) is 100 Å². The molecule has 3 heterocycles. The molecule has 3 aromatic heterocycles. The van der Waals surface area contributed by atoms with Gasteiger partial charge in [0.15, 0.2) is 11.6 Å². The zero-order valence-corrected chi connectivity index (χ0v) is 31.3. The normalized spacial score (nSPS) is 11.4. The average molecular weight is 740 g/mol. The number of para-hydroxylation sites is 2. The number of benzene rings is 8. The Balaban J connectivity index is 1.25. The summed E-state index contributed by atoms with van der Waals surface area (Å²) >= 11 is 0. The molecule has 0 spiro atoms. The largest absolute Gasteiger partial charge is 0.307 e. The second kappa shape index (κ2) is 13.6. The summed E-state index contributed by atoms with van der Waals surface area (Å²) < 4.78 is 4.59. The van der Waals surface area contributed by atoms with Crippen LogP contribution in [0, 0.1) is 11.3 Å². The molecule has 0 bridgehead atoms. The zero-order chi connectivity index (χ0) is 38.6. The molecule has 0 saturated heterocycles. The van der Waals surface area contributed by atoms with Gasteiger partial charge in [0.25, 0.3) is 0 Å². The predicted molar refractivity (Wildman–Crippen MR) is 237 cm³/mol. The van der Waals surface area contributed by atoms with Gasteiger partial charge < -0.3 is 4.57 Å². The van der Waals surface area contributed by atoms with E-state index in [9.17, 15) is 5.26 Å². The second-order valence-corrected chi connectivity index (χ2v) is 14.5.